The van der Waals surface area contributed by atoms with Crippen LogP contribution in [0.2, 0.25) is 5.02 Å². The van der Waals surface area contributed by atoms with Crippen LogP contribution in [0.15, 0.2) is 51.7 Å². The number of likely N-dealkylation sites (N-methyl/N-ethyl adjacent to an activating group) is 1. The van der Waals surface area contributed by atoms with Gasteiger partial charge in [-0.3, -0.25) is 19.3 Å². The summed E-state index contributed by atoms with van der Waals surface area (Å²) in [5.41, 5.74) is -0.890. The third-order valence-corrected chi connectivity index (χ3v) is 7.96. The average molecular weight is 507 g/mol. The van der Waals surface area contributed by atoms with Crippen LogP contribution in [-0.2, 0) is 10.3 Å². The number of nitrogens with zero attached hydrogens (tertiary/aromatic N) is 4. The lowest BCUT2D eigenvalue weighted by atomic mass is 9.84. The molecule has 2 aromatic heterocycles. The van der Waals surface area contributed by atoms with Crippen LogP contribution in [0, 0.1) is 0 Å². The summed E-state index contributed by atoms with van der Waals surface area (Å²) in [4.78, 5) is 45.2. The van der Waals surface area contributed by atoms with E-state index >= 15 is 0 Å². The number of anilines is 2. The Morgan fingerprint density at radius 2 is 1.89 bits per heavy atom. The van der Waals surface area contributed by atoms with Gasteiger partial charge in [0.15, 0.2) is 11.0 Å². The molecule has 0 N–H and O–H groups in total. The highest BCUT2D eigenvalue weighted by atomic mass is 35.5. The molecule has 2 aromatic carbocycles. The van der Waals surface area contributed by atoms with Gasteiger partial charge in [0.25, 0.3) is 11.8 Å². The van der Waals surface area contributed by atoms with Gasteiger partial charge < -0.3 is 9.32 Å². The van der Waals surface area contributed by atoms with Gasteiger partial charge in [-0.2, -0.15) is 0 Å². The first-order valence-electron chi connectivity index (χ1n) is 11.2. The van der Waals surface area contributed by atoms with Gasteiger partial charge in [-0.25, -0.2) is 0 Å². The maximum Gasteiger partial charge on any atom is 0.297 e. The maximum atomic E-state index is 14.3. The fourth-order valence-electron chi connectivity index (χ4n) is 5.00. The summed E-state index contributed by atoms with van der Waals surface area (Å²) in [7, 11) is 0. The second-order valence-electron chi connectivity index (χ2n) is 8.77. The molecule has 4 aromatic rings. The zero-order valence-electron chi connectivity index (χ0n) is 19.0. The average Bonchev–Trinajstić information content (AvgIpc) is 3.49. The molecule has 6 rings (SSSR count). The van der Waals surface area contributed by atoms with Crippen molar-refractivity contribution in [3.8, 4) is 0 Å². The fourth-order valence-corrected chi connectivity index (χ4v) is 6.07. The molecular formula is C25H19ClN4O4S. The van der Waals surface area contributed by atoms with Crippen LogP contribution >= 0.6 is 22.9 Å². The molecule has 4 heterocycles. The van der Waals surface area contributed by atoms with Crippen molar-refractivity contribution < 1.29 is 14.0 Å². The number of rotatable bonds is 3. The molecule has 1 unspecified atom stereocenters. The summed E-state index contributed by atoms with van der Waals surface area (Å²) >= 11 is 7.40. The first-order chi connectivity index (χ1) is 16.8. The number of fused-ring (bicyclic) bond motifs is 5. The molecule has 0 saturated heterocycles. The molecule has 35 heavy (non-hydrogen) atoms. The molecule has 8 nitrogen and oxygen atoms in total. The number of hydrogen-bond donors (Lipinski definition) is 0. The second kappa shape index (κ2) is 7.47. The van der Waals surface area contributed by atoms with E-state index in [0.29, 0.717) is 27.8 Å². The summed E-state index contributed by atoms with van der Waals surface area (Å²) < 4.78 is 6.01. The van der Waals surface area contributed by atoms with E-state index < -0.39 is 22.8 Å². The summed E-state index contributed by atoms with van der Waals surface area (Å²) in [6.07, 6.45) is 0. The van der Waals surface area contributed by atoms with Gasteiger partial charge in [0.05, 0.1) is 16.6 Å². The maximum absolute atomic E-state index is 14.3. The lowest BCUT2D eigenvalue weighted by molar-refractivity contribution is -0.121. The van der Waals surface area contributed by atoms with E-state index in [1.54, 1.807) is 29.2 Å². The number of aromatic nitrogens is 2. The molecule has 2 amide bonds. The minimum atomic E-state index is -1.76. The number of halogens is 1. The van der Waals surface area contributed by atoms with Crippen LogP contribution < -0.4 is 15.2 Å². The molecule has 0 fully saturated rings. The van der Waals surface area contributed by atoms with E-state index in [0.717, 1.165) is 0 Å². The quantitative estimate of drug-likeness (QED) is 0.400. The third-order valence-electron chi connectivity index (χ3n) is 6.52. The van der Waals surface area contributed by atoms with Crippen molar-refractivity contribution in [2.24, 2.45) is 0 Å². The van der Waals surface area contributed by atoms with Gasteiger partial charge in [0.1, 0.15) is 10.6 Å². The van der Waals surface area contributed by atoms with Gasteiger partial charge >= 0.3 is 0 Å². The Morgan fingerprint density at radius 1 is 1.11 bits per heavy atom. The van der Waals surface area contributed by atoms with Gasteiger partial charge in [-0.15, -0.1) is 10.2 Å². The van der Waals surface area contributed by atoms with Gasteiger partial charge in [-0.1, -0.05) is 55.0 Å². The molecule has 1 atom stereocenters. The minimum Gasteiger partial charge on any atom is -0.450 e. The lowest BCUT2D eigenvalue weighted by Crippen LogP contribution is -2.53. The highest BCUT2D eigenvalue weighted by molar-refractivity contribution is 7.15. The highest BCUT2D eigenvalue weighted by Gasteiger charge is 2.66. The van der Waals surface area contributed by atoms with Gasteiger partial charge in [-0.05, 0) is 31.2 Å². The Hall–Kier alpha value is -3.56. The topological polar surface area (TPSA) is 96.6 Å². The van der Waals surface area contributed by atoms with Crippen LogP contribution in [0.1, 0.15) is 53.4 Å². The number of hydrogen-bond acceptors (Lipinski definition) is 7. The Morgan fingerprint density at radius 3 is 2.60 bits per heavy atom. The molecule has 10 heteroatoms. The van der Waals surface area contributed by atoms with E-state index in [1.807, 2.05) is 32.9 Å². The largest absolute Gasteiger partial charge is 0.450 e. The number of carbonyl (C=O) groups is 2. The van der Waals surface area contributed by atoms with E-state index in [-0.39, 0.29) is 33.3 Å². The predicted molar refractivity (Wildman–Crippen MR) is 134 cm³/mol. The van der Waals surface area contributed by atoms with Crippen molar-refractivity contribution in [3.05, 3.63) is 79.6 Å². The first kappa shape index (κ1) is 21.9. The van der Waals surface area contributed by atoms with Crippen LogP contribution in [0.5, 0.6) is 0 Å². The van der Waals surface area contributed by atoms with Crippen molar-refractivity contribution >= 4 is 56.5 Å². The van der Waals surface area contributed by atoms with Crippen molar-refractivity contribution in [1.29, 1.82) is 0 Å². The van der Waals surface area contributed by atoms with E-state index in [1.165, 1.54) is 22.3 Å². The summed E-state index contributed by atoms with van der Waals surface area (Å²) in [6, 6.07) is 11.8. The number of benzene rings is 2. The lowest BCUT2D eigenvalue weighted by Gasteiger charge is -2.31. The van der Waals surface area contributed by atoms with Crippen molar-refractivity contribution in [2.45, 2.75) is 32.2 Å². The Labute approximate surface area is 208 Å². The van der Waals surface area contributed by atoms with Crippen molar-refractivity contribution in [1.82, 2.24) is 10.2 Å². The fraction of sp³-hybridized carbons (Fsp3) is 0.240. The summed E-state index contributed by atoms with van der Waals surface area (Å²) in [6.45, 7) is 6.14. The molecule has 0 radical (unpaired) electrons. The zero-order chi connectivity index (χ0) is 24.6. The van der Waals surface area contributed by atoms with Crippen LogP contribution in [-0.4, -0.2) is 28.6 Å². The SMILES string of the molecule is CCN1C(=O)C2(c3ccccc31)c1c(oc3ccc(Cl)cc3c1=O)C(=O)N2c1nnc(C(C)C)s1. The van der Waals surface area contributed by atoms with E-state index in [4.69, 9.17) is 16.0 Å². The van der Waals surface area contributed by atoms with E-state index in [2.05, 4.69) is 10.2 Å². The minimum absolute atomic E-state index is 0.0213. The van der Waals surface area contributed by atoms with Crippen LogP contribution in [0.4, 0.5) is 10.8 Å². The molecular weight excluding hydrogens is 488 g/mol. The Balaban J connectivity index is 1.77. The molecule has 176 valence electrons. The Kier molecular flexibility index (Phi) is 4.68. The summed E-state index contributed by atoms with van der Waals surface area (Å²) in [5.74, 6) is -1.13. The normalized spacial score (nSPS) is 18.9. The Bertz CT molecular complexity index is 1630. The first-order valence-corrected chi connectivity index (χ1v) is 12.4. The molecule has 2 aliphatic rings. The molecule has 2 aliphatic heterocycles. The third kappa shape index (κ3) is 2.70. The van der Waals surface area contributed by atoms with Gasteiger partial charge in [0.2, 0.25) is 10.9 Å². The molecule has 1 spiro atoms. The summed E-state index contributed by atoms with van der Waals surface area (Å²) in [5, 5.41) is 10.0. The monoisotopic (exact) mass is 506 g/mol. The van der Waals surface area contributed by atoms with Crippen molar-refractivity contribution in [2.75, 3.05) is 16.3 Å². The standard InChI is InChI=1S/C25H19ClN4O4S/c1-4-29-16-8-6-5-7-15(16)25(23(29)33)18-19(31)14-11-13(26)9-10-17(14)34-20(18)22(32)30(25)24-28-27-21(35-24)12(2)3/h5-12H,4H2,1-3H3. The van der Waals surface area contributed by atoms with Crippen molar-refractivity contribution in [3.63, 3.8) is 0 Å². The second-order valence-corrected chi connectivity index (χ2v) is 10.2. The molecule has 0 saturated carbocycles. The number of carbonyl (C=O) groups excluding carboxylic acids is 2. The van der Waals surface area contributed by atoms with Gasteiger partial charge in [0, 0.05) is 23.0 Å². The highest BCUT2D eigenvalue weighted by Crippen LogP contribution is 2.54. The number of para-hydroxylation sites is 1. The predicted octanol–water partition coefficient (Wildman–Crippen LogP) is 4.69. The number of amides is 2. The zero-order valence-corrected chi connectivity index (χ0v) is 20.6. The smallest absolute Gasteiger partial charge is 0.297 e. The molecule has 0 bridgehead atoms. The van der Waals surface area contributed by atoms with Crippen LogP contribution in [0.3, 0.4) is 0 Å². The van der Waals surface area contributed by atoms with Crippen LogP contribution in [0.25, 0.3) is 11.0 Å². The van der Waals surface area contributed by atoms with E-state index in [9.17, 15) is 14.4 Å². The molecule has 0 aliphatic carbocycles.